The zero-order valence-corrected chi connectivity index (χ0v) is 10.7. The normalized spacial score (nSPS) is 16.9. The third kappa shape index (κ3) is 2.91. The number of aliphatic hydroxyl groups is 1. The van der Waals surface area contributed by atoms with Gasteiger partial charge in [0.15, 0.2) is 0 Å². The number of benzene rings is 1. The fraction of sp³-hybridized carbons (Fsp3) is 0.533. The Kier molecular flexibility index (Phi) is 4.37. The molecule has 1 amide bonds. The molecule has 1 aliphatic carbocycles. The predicted octanol–water partition coefficient (Wildman–Crippen LogP) is 2.00. The van der Waals surface area contributed by atoms with E-state index in [1.165, 1.54) is 12.0 Å². The van der Waals surface area contributed by atoms with Crippen molar-refractivity contribution in [3.8, 4) is 0 Å². The van der Waals surface area contributed by atoms with Crippen molar-refractivity contribution >= 4 is 5.91 Å². The Morgan fingerprint density at radius 1 is 1.28 bits per heavy atom. The van der Waals surface area contributed by atoms with E-state index >= 15 is 0 Å². The van der Waals surface area contributed by atoms with Gasteiger partial charge in [0.05, 0.1) is 0 Å². The molecule has 1 aromatic rings. The molecule has 0 bridgehead atoms. The number of rotatable bonds is 6. The van der Waals surface area contributed by atoms with Crippen LogP contribution in [0.4, 0.5) is 0 Å². The lowest BCUT2D eigenvalue weighted by Gasteiger charge is -2.42. The molecule has 0 aliphatic heterocycles. The van der Waals surface area contributed by atoms with E-state index in [1.807, 2.05) is 6.07 Å². The van der Waals surface area contributed by atoms with Gasteiger partial charge in [-0.15, -0.1) is 0 Å². The highest BCUT2D eigenvalue weighted by Gasteiger charge is 2.38. The SMILES string of the molecule is O=C(CCCO)NCC1(c2ccccc2)CCC1. The second-order valence-electron chi connectivity index (χ2n) is 5.10. The molecule has 2 rings (SSSR count). The summed E-state index contributed by atoms with van der Waals surface area (Å²) >= 11 is 0. The van der Waals surface area contributed by atoms with Gasteiger partial charge in [-0.3, -0.25) is 4.79 Å². The second-order valence-corrected chi connectivity index (χ2v) is 5.10. The molecule has 1 aromatic carbocycles. The van der Waals surface area contributed by atoms with Gasteiger partial charge in [0, 0.05) is 25.0 Å². The minimum atomic E-state index is 0.0475. The fourth-order valence-electron chi connectivity index (χ4n) is 2.56. The van der Waals surface area contributed by atoms with Crippen molar-refractivity contribution < 1.29 is 9.90 Å². The number of carbonyl (C=O) groups excluding carboxylic acids is 1. The van der Waals surface area contributed by atoms with Crippen LogP contribution < -0.4 is 5.32 Å². The van der Waals surface area contributed by atoms with Crippen LogP contribution >= 0.6 is 0 Å². The van der Waals surface area contributed by atoms with Gasteiger partial charge in [-0.2, -0.15) is 0 Å². The highest BCUT2D eigenvalue weighted by atomic mass is 16.3. The average Bonchev–Trinajstić information content (AvgIpc) is 2.36. The van der Waals surface area contributed by atoms with E-state index in [0.717, 1.165) is 19.4 Å². The number of amides is 1. The summed E-state index contributed by atoms with van der Waals surface area (Å²) in [6.07, 6.45) is 4.50. The first-order valence-corrected chi connectivity index (χ1v) is 6.70. The van der Waals surface area contributed by atoms with Crippen LogP contribution in [0.5, 0.6) is 0 Å². The monoisotopic (exact) mass is 247 g/mol. The van der Waals surface area contributed by atoms with Crippen LogP contribution in [0.15, 0.2) is 30.3 Å². The summed E-state index contributed by atoms with van der Waals surface area (Å²) in [5.74, 6) is 0.0475. The Hall–Kier alpha value is -1.35. The van der Waals surface area contributed by atoms with Gasteiger partial charge in [0.2, 0.25) is 5.91 Å². The second kappa shape index (κ2) is 6.01. The largest absolute Gasteiger partial charge is 0.396 e. The highest BCUT2D eigenvalue weighted by Crippen LogP contribution is 2.43. The zero-order chi connectivity index (χ0) is 12.8. The molecule has 0 aromatic heterocycles. The predicted molar refractivity (Wildman–Crippen MR) is 71.3 cm³/mol. The molecule has 18 heavy (non-hydrogen) atoms. The summed E-state index contributed by atoms with van der Waals surface area (Å²) < 4.78 is 0. The molecule has 3 heteroatoms. The van der Waals surface area contributed by atoms with Crippen molar-refractivity contribution in [2.24, 2.45) is 0 Å². The van der Waals surface area contributed by atoms with Crippen molar-refractivity contribution in [1.29, 1.82) is 0 Å². The van der Waals surface area contributed by atoms with Crippen molar-refractivity contribution in [1.82, 2.24) is 5.32 Å². The van der Waals surface area contributed by atoms with E-state index < -0.39 is 0 Å². The molecule has 1 saturated carbocycles. The Balaban J connectivity index is 1.91. The molecule has 0 saturated heterocycles. The van der Waals surface area contributed by atoms with E-state index in [1.54, 1.807) is 0 Å². The van der Waals surface area contributed by atoms with Crippen LogP contribution in [0, 0.1) is 0 Å². The minimum absolute atomic E-state index is 0.0475. The third-order valence-corrected chi connectivity index (χ3v) is 3.88. The summed E-state index contributed by atoms with van der Waals surface area (Å²) in [6, 6.07) is 10.4. The van der Waals surface area contributed by atoms with Crippen molar-refractivity contribution in [2.75, 3.05) is 13.2 Å². The van der Waals surface area contributed by atoms with E-state index in [9.17, 15) is 4.79 Å². The zero-order valence-electron chi connectivity index (χ0n) is 10.7. The molecule has 0 atom stereocenters. The van der Waals surface area contributed by atoms with Crippen molar-refractivity contribution in [3.05, 3.63) is 35.9 Å². The Morgan fingerprint density at radius 2 is 2.00 bits per heavy atom. The Labute approximate surface area is 108 Å². The van der Waals surface area contributed by atoms with Gasteiger partial charge >= 0.3 is 0 Å². The summed E-state index contributed by atoms with van der Waals surface area (Å²) in [5.41, 5.74) is 1.48. The van der Waals surface area contributed by atoms with Crippen LogP contribution in [0.2, 0.25) is 0 Å². The molecule has 0 heterocycles. The molecule has 2 N–H and O–H groups in total. The molecular weight excluding hydrogens is 226 g/mol. The molecule has 1 aliphatic rings. The highest BCUT2D eigenvalue weighted by molar-refractivity contribution is 5.76. The molecule has 3 nitrogen and oxygen atoms in total. The number of aliphatic hydroxyl groups excluding tert-OH is 1. The molecule has 1 fully saturated rings. The first kappa shape index (κ1) is 13.1. The number of nitrogens with one attached hydrogen (secondary N) is 1. The van der Waals surface area contributed by atoms with Crippen LogP contribution in [0.3, 0.4) is 0 Å². The van der Waals surface area contributed by atoms with Gasteiger partial charge in [0.1, 0.15) is 0 Å². The Bertz CT molecular complexity index is 385. The van der Waals surface area contributed by atoms with Crippen LogP contribution in [0.1, 0.15) is 37.7 Å². The summed E-state index contributed by atoms with van der Waals surface area (Å²) in [7, 11) is 0. The van der Waals surface area contributed by atoms with E-state index in [2.05, 4.69) is 29.6 Å². The molecule has 0 radical (unpaired) electrons. The van der Waals surface area contributed by atoms with E-state index in [4.69, 9.17) is 5.11 Å². The summed E-state index contributed by atoms with van der Waals surface area (Å²) in [5, 5.41) is 11.7. The van der Waals surface area contributed by atoms with Crippen molar-refractivity contribution in [2.45, 2.75) is 37.5 Å². The van der Waals surface area contributed by atoms with Crippen LogP contribution in [0.25, 0.3) is 0 Å². The lowest BCUT2D eigenvalue weighted by molar-refractivity contribution is -0.121. The number of hydrogen-bond donors (Lipinski definition) is 2. The number of carbonyl (C=O) groups is 1. The maximum absolute atomic E-state index is 11.6. The van der Waals surface area contributed by atoms with Gasteiger partial charge < -0.3 is 10.4 Å². The summed E-state index contributed by atoms with van der Waals surface area (Å²) in [4.78, 5) is 11.6. The lowest BCUT2D eigenvalue weighted by atomic mass is 9.64. The summed E-state index contributed by atoms with van der Waals surface area (Å²) in [6.45, 7) is 0.804. The fourth-order valence-corrected chi connectivity index (χ4v) is 2.56. The maximum atomic E-state index is 11.6. The van der Waals surface area contributed by atoms with E-state index in [0.29, 0.717) is 12.8 Å². The quantitative estimate of drug-likeness (QED) is 0.807. The average molecular weight is 247 g/mol. The topological polar surface area (TPSA) is 49.3 Å². The van der Waals surface area contributed by atoms with Gasteiger partial charge in [-0.25, -0.2) is 0 Å². The van der Waals surface area contributed by atoms with Gasteiger partial charge in [-0.05, 0) is 24.8 Å². The van der Waals surface area contributed by atoms with Crippen LogP contribution in [-0.4, -0.2) is 24.2 Å². The minimum Gasteiger partial charge on any atom is -0.396 e. The van der Waals surface area contributed by atoms with Gasteiger partial charge in [0.25, 0.3) is 0 Å². The van der Waals surface area contributed by atoms with Gasteiger partial charge in [-0.1, -0.05) is 36.8 Å². The first-order valence-electron chi connectivity index (χ1n) is 6.70. The molecular formula is C15H21NO2. The Morgan fingerprint density at radius 3 is 2.56 bits per heavy atom. The molecule has 0 unspecified atom stereocenters. The standard InChI is InChI=1S/C15H21NO2/c17-11-4-8-14(18)16-12-15(9-5-10-15)13-6-2-1-3-7-13/h1-3,6-7,17H,4-5,8-12H2,(H,16,18). The first-order chi connectivity index (χ1) is 8.77. The third-order valence-electron chi connectivity index (χ3n) is 3.88. The maximum Gasteiger partial charge on any atom is 0.220 e. The molecule has 0 spiro atoms. The number of hydrogen-bond acceptors (Lipinski definition) is 2. The van der Waals surface area contributed by atoms with Crippen LogP contribution in [-0.2, 0) is 10.2 Å². The van der Waals surface area contributed by atoms with E-state index in [-0.39, 0.29) is 17.9 Å². The van der Waals surface area contributed by atoms with Crippen molar-refractivity contribution in [3.63, 3.8) is 0 Å². The molecule has 98 valence electrons. The smallest absolute Gasteiger partial charge is 0.220 e. The lowest BCUT2D eigenvalue weighted by Crippen LogP contribution is -2.45.